The van der Waals surface area contributed by atoms with Crippen molar-refractivity contribution in [3.63, 3.8) is 0 Å². The van der Waals surface area contributed by atoms with E-state index in [0.717, 1.165) is 6.42 Å². The number of allylic oxidation sites excluding steroid dienone is 1. The molecule has 0 spiro atoms. The van der Waals surface area contributed by atoms with E-state index < -0.39 is 5.97 Å². The lowest BCUT2D eigenvalue weighted by atomic mass is 10.1. The maximum Gasteiger partial charge on any atom is 0.303 e. The van der Waals surface area contributed by atoms with Gasteiger partial charge in [0.25, 0.3) is 0 Å². The molecule has 130 valence electrons. The number of ether oxygens (including phenoxy) is 1. The molecule has 0 aliphatic heterocycles. The Morgan fingerprint density at radius 2 is 1.45 bits per heavy atom. The summed E-state index contributed by atoms with van der Waals surface area (Å²) in [6, 6.07) is 0. The van der Waals surface area contributed by atoms with Crippen molar-refractivity contribution in [2.45, 2.75) is 90.4 Å². The molecule has 3 heteroatoms. The van der Waals surface area contributed by atoms with Gasteiger partial charge in [0.05, 0.1) is 6.61 Å². The Balaban J connectivity index is 3.06. The number of hydrogen-bond acceptors (Lipinski definition) is 2. The van der Waals surface area contributed by atoms with Gasteiger partial charge in [-0.1, -0.05) is 76.9 Å². The van der Waals surface area contributed by atoms with E-state index in [1.807, 2.05) is 0 Å². The van der Waals surface area contributed by atoms with Crippen molar-refractivity contribution in [2.24, 2.45) is 0 Å². The highest BCUT2D eigenvalue weighted by Gasteiger charge is 1.95. The highest BCUT2D eigenvalue weighted by molar-refractivity contribution is 5.66. The van der Waals surface area contributed by atoms with Gasteiger partial charge in [-0.2, -0.15) is 0 Å². The van der Waals surface area contributed by atoms with E-state index in [9.17, 15) is 4.79 Å². The van der Waals surface area contributed by atoms with Gasteiger partial charge in [0.2, 0.25) is 0 Å². The third-order valence-corrected chi connectivity index (χ3v) is 3.78. The van der Waals surface area contributed by atoms with E-state index in [-0.39, 0.29) is 6.42 Å². The fourth-order valence-electron chi connectivity index (χ4n) is 2.41. The van der Waals surface area contributed by atoms with Gasteiger partial charge >= 0.3 is 5.97 Å². The van der Waals surface area contributed by atoms with Crippen LogP contribution in [-0.2, 0) is 9.53 Å². The van der Waals surface area contributed by atoms with Crippen molar-refractivity contribution in [1.29, 1.82) is 0 Å². The molecule has 0 amide bonds. The number of rotatable bonds is 17. The van der Waals surface area contributed by atoms with Crippen molar-refractivity contribution in [3.05, 3.63) is 12.2 Å². The summed E-state index contributed by atoms with van der Waals surface area (Å²) in [5.74, 6) is -0.750. The van der Waals surface area contributed by atoms with Crippen molar-refractivity contribution in [1.82, 2.24) is 0 Å². The van der Waals surface area contributed by atoms with Crippen molar-refractivity contribution in [2.75, 3.05) is 13.2 Å². The van der Waals surface area contributed by atoms with E-state index in [2.05, 4.69) is 19.1 Å². The molecule has 0 radical (unpaired) electrons. The number of hydrogen-bond donors (Lipinski definition) is 1. The molecule has 0 aromatic rings. The summed E-state index contributed by atoms with van der Waals surface area (Å²) in [5.41, 5.74) is 0. The third kappa shape index (κ3) is 19.2. The summed E-state index contributed by atoms with van der Waals surface area (Å²) in [6.45, 7) is 3.41. The molecule has 0 atom stereocenters. The van der Waals surface area contributed by atoms with Crippen LogP contribution in [0.5, 0.6) is 0 Å². The first-order valence-electron chi connectivity index (χ1n) is 9.22. The Kier molecular flexibility index (Phi) is 17.5. The van der Waals surface area contributed by atoms with Crippen LogP contribution in [0.3, 0.4) is 0 Å². The number of carboxylic acids is 1. The Bertz CT molecular complexity index is 261. The smallest absolute Gasteiger partial charge is 0.303 e. The normalized spacial score (nSPS) is 11.3. The van der Waals surface area contributed by atoms with Crippen LogP contribution in [-0.4, -0.2) is 24.3 Å². The Labute approximate surface area is 137 Å². The van der Waals surface area contributed by atoms with Gasteiger partial charge in [-0.25, -0.2) is 0 Å². The minimum atomic E-state index is -0.750. The lowest BCUT2D eigenvalue weighted by molar-refractivity contribution is -0.137. The summed E-state index contributed by atoms with van der Waals surface area (Å²) in [6.07, 6.45) is 19.9. The SMILES string of the molecule is CCCCCCCCCCCCC=CCOCCCC(=O)O. The molecule has 3 nitrogen and oxygen atoms in total. The van der Waals surface area contributed by atoms with Gasteiger partial charge in [-0.15, -0.1) is 0 Å². The fraction of sp³-hybridized carbons (Fsp3) is 0.842. The van der Waals surface area contributed by atoms with Crippen LogP contribution in [0.1, 0.15) is 90.4 Å². The van der Waals surface area contributed by atoms with E-state index in [1.165, 1.54) is 64.2 Å². The predicted octanol–water partition coefficient (Wildman–Crippen LogP) is 5.74. The van der Waals surface area contributed by atoms with Gasteiger partial charge in [-0.05, 0) is 19.3 Å². The molecule has 0 aromatic heterocycles. The first kappa shape index (κ1) is 21.2. The van der Waals surface area contributed by atoms with E-state index >= 15 is 0 Å². The number of aliphatic carboxylic acids is 1. The molecular weight excluding hydrogens is 276 g/mol. The maximum atomic E-state index is 10.3. The third-order valence-electron chi connectivity index (χ3n) is 3.78. The summed E-state index contributed by atoms with van der Waals surface area (Å²) in [4.78, 5) is 10.3. The molecule has 22 heavy (non-hydrogen) atoms. The average molecular weight is 312 g/mol. The van der Waals surface area contributed by atoms with Crippen molar-refractivity contribution >= 4 is 5.97 Å². The van der Waals surface area contributed by atoms with Crippen LogP contribution >= 0.6 is 0 Å². The van der Waals surface area contributed by atoms with Gasteiger partial charge in [-0.3, -0.25) is 4.79 Å². The van der Waals surface area contributed by atoms with Crippen molar-refractivity contribution < 1.29 is 14.6 Å². The van der Waals surface area contributed by atoms with Crippen LogP contribution in [0.4, 0.5) is 0 Å². The highest BCUT2D eigenvalue weighted by atomic mass is 16.5. The molecule has 0 rings (SSSR count). The van der Waals surface area contributed by atoms with Crippen LogP contribution < -0.4 is 0 Å². The topological polar surface area (TPSA) is 46.5 Å². The molecule has 0 fully saturated rings. The molecule has 0 aliphatic carbocycles. The first-order valence-corrected chi connectivity index (χ1v) is 9.22. The summed E-state index contributed by atoms with van der Waals surface area (Å²) >= 11 is 0. The Hall–Kier alpha value is -0.830. The van der Waals surface area contributed by atoms with Crippen LogP contribution in [0.15, 0.2) is 12.2 Å². The van der Waals surface area contributed by atoms with Gasteiger partial charge in [0, 0.05) is 13.0 Å². The lowest BCUT2D eigenvalue weighted by Crippen LogP contribution is -1.99. The van der Waals surface area contributed by atoms with E-state index in [1.54, 1.807) is 0 Å². The van der Waals surface area contributed by atoms with Crippen LogP contribution in [0.2, 0.25) is 0 Å². The molecule has 0 saturated carbocycles. The summed E-state index contributed by atoms with van der Waals surface area (Å²) in [7, 11) is 0. The van der Waals surface area contributed by atoms with Gasteiger partial charge in [0.1, 0.15) is 0 Å². The monoisotopic (exact) mass is 312 g/mol. The summed E-state index contributed by atoms with van der Waals surface area (Å²) in [5, 5.41) is 8.47. The van der Waals surface area contributed by atoms with Crippen molar-refractivity contribution in [3.8, 4) is 0 Å². The van der Waals surface area contributed by atoms with E-state index in [0.29, 0.717) is 19.6 Å². The molecule has 0 heterocycles. The second kappa shape index (κ2) is 18.2. The molecule has 0 bridgehead atoms. The second-order valence-electron chi connectivity index (χ2n) is 6.01. The zero-order valence-corrected chi connectivity index (χ0v) is 14.5. The molecule has 0 saturated heterocycles. The van der Waals surface area contributed by atoms with Crippen LogP contribution in [0, 0.1) is 0 Å². The molecular formula is C19H36O3. The Morgan fingerprint density at radius 3 is 2.05 bits per heavy atom. The fourth-order valence-corrected chi connectivity index (χ4v) is 2.41. The quantitative estimate of drug-likeness (QED) is 0.275. The maximum absolute atomic E-state index is 10.3. The zero-order valence-electron chi connectivity index (χ0n) is 14.5. The number of unbranched alkanes of at least 4 members (excludes halogenated alkanes) is 10. The van der Waals surface area contributed by atoms with Gasteiger partial charge < -0.3 is 9.84 Å². The minimum absolute atomic E-state index is 0.197. The van der Waals surface area contributed by atoms with Crippen LogP contribution in [0.25, 0.3) is 0 Å². The van der Waals surface area contributed by atoms with E-state index in [4.69, 9.17) is 9.84 Å². The highest BCUT2D eigenvalue weighted by Crippen LogP contribution is 2.11. The standard InChI is InChI=1S/C19H36O3/c1-2-3-4-5-6-7-8-9-10-11-12-13-14-17-22-18-15-16-19(20)21/h13-14H,2-12,15-18H2,1H3,(H,20,21). The largest absolute Gasteiger partial charge is 0.481 e. The first-order chi connectivity index (χ1) is 10.8. The molecule has 1 N–H and O–H groups in total. The molecule has 0 aromatic carbocycles. The average Bonchev–Trinajstić information content (AvgIpc) is 2.50. The number of carbonyl (C=O) groups is 1. The minimum Gasteiger partial charge on any atom is -0.481 e. The second-order valence-corrected chi connectivity index (χ2v) is 6.01. The lowest BCUT2D eigenvalue weighted by Gasteiger charge is -2.01. The molecule has 0 aliphatic rings. The molecule has 0 unspecified atom stereocenters. The Morgan fingerprint density at radius 1 is 0.864 bits per heavy atom. The summed E-state index contributed by atoms with van der Waals surface area (Å²) < 4.78 is 5.33. The number of carboxylic acid groups (broad SMARTS) is 1. The van der Waals surface area contributed by atoms with Gasteiger partial charge in [0.15, 0.2) is 0 Å². The predicted molar refractivity (Wildman–Crippen MR) is 93.3 cm³/mol. The zero-order chi connectivity index (χ0) is 16.3.